The minimum absolute atomic E-state index is 0.0179. The molecule has 2 N–H and O–H groups in total. The second kappa shape index (κ2) is 10.1. The van der Waals surface area contributed by atoms with E-state index in [0.29, 0.717) is 35.8 Å². The molecule has 0 radical (unpaired) electrons. The first-order valence-corrected chi connectivity index (χ1v) is 14.9. The number of aliphatic carboxylic acids is 1. The van der Waals surface area contributed by atoms with Crippen molar-refractivity contribution in [2.75, 3.05) is 13.6 Å². The highest BCUT2D eigenvalue weighted by Gasteiger charge is 2.76. The van der Waals surface area contributed by atoms with Crippen molar-refractivity contribution in [3.8, 4) is 5.75 Å². The molecule has 6 rings (SSSR count). The molecular formula is C31H30Cl2N2O7. The Labute approximate surface area is 252 Å². The standard InChI is InChI=1S/C31H30Cl2N2O7/c1-34-28(41)30(32)15-20-18(11-12-19-23(20)27(40)35(26(19)39)14-6-2-3-9-22(37)38)25(31(30,33)29(34)42)24-17-8-5-4-7-16(17)10-13-21(24)36/h4-5,7-8,10-11,13,19-20,23,25,36H,2-3,6,9,12,14-15H2,1H3,(H,37,38). The number of phenols is 1. The lowest BCUT2D eigenvalue weighted by molar-refractivity contribution is -0.141. The number of halogens is 2. The number of likely N-dealkylation sites (tertiary alicyclic amines) is 2. The molecule has 2 aliphatic heterocycles. The van der Waals surface area contributed by atoms with Gasteiger partial charge in [0.2, 0.25) is 11.8 Å². The predicted octanol–water partition coefficient (Wildman–Crippen LogP) is 4.18. The Balaban J connectivity index is 1.45. The van der Waals surface area contributed by atoms with E-state index in [1.165, 1.54) is 18.0 Å². The number of phenolic OH excluding ortho intramolecular Hbond substituents is 1. The third-order valence-electron chi connectivity index (χ3n) is 9.61. The Morgan fingerprint density at radius 2 is 1.71 bits per heavy atom. The van der Waals surface area contributed by atoms with Crippen LogP contribution in [-0.2, 0) is 24.0 Å². The number of amides is 4. The molecule has 2 aliphatic carbocycles. The zero-order valence-corrected chi connectivity index (χ0v) is 24.4. The summed E-state index contributed by atoms with van der Waals surface area (Å²) < 4.78 is 0. The molecule has 6 atom stereocenters. The number of hydrogen-bond acceptors (Lipinski definition) is 6. The van der Waals surface area contributed by atoms with Crippen molar-refractivity contribution in [2.45, 2.75) is 54.2 Å². The van der Waals surface area contributed by atoms with Crippen LogP contribution in [0.3, 0.4) is 0 Å². The largest absolute Gasteiger partial charge is 0.508 e. The SMILES string of the molecule is CN1C(=O)C2(Cl)CC3C(=CCC4C(=O)N(CCCCCC(=O)O)C(=O)C43)C(c3c(O)ccc4ccccc34)C2(Cl)C1=O. The minimum Gasteiger partial charge on any atom is -0.508 e. The van der Waals surface area contributed by atoms with Gasteiger partial charge in [0.15, 0.2) is 9.75 Å². The normalized spacial score (nSPS) is 32.2. The number of aromatic hydroxyl groups is 1. The molecule has 3 fully saturated rings. The van der Waals surface area contributed by atoms with Gasteiger partial charge in [0.1, 0.15) is 5.75 Å². The molecule has 42 heavy (non-hydrogen) atoms. The van der Waals surface area contributed by atoms with Crippen molar-refractivity contribution in [1.29, 1.82) is 0 Å². The molecule has 2 heterocycles. The number of unbranched alkanes of at least 4 members (excludes halogenated alkanes) is 2. The van der Waals surface area contributed by atoms with Gasteiger partial charge in [-0.1, -0.05) is 48.4 Å². The van der Waals surface area contributed by atoms with Crippen LogP contribution in [-0.4, -0.2) is 73.0 Å². The lowest BCUT2D eigenvalue weighted by Gasteiger charge is -2.51. The Morgan fingerprint density at radius 1 is 0.976 bits per heavy atom. The number of carbonyl (C=O) groups excluding carboxylic acids is 4. The molecule has 11 heteroatoms. The monoisotopic (exact) mass is 612 g/mol. The number of carboxylic acid groups (broad SMARTS) is 1. The molecule has 9 nitrogen and oxygen atoms in total. The first kappa shape index (κ1) is 28.7. The maximum absolute atomic E-state index is 13.9. The van der Waals surface area contributed by atoms with Crippen molar-refractivity contribution in [1.82, 2.24) is 9.80 Å². The van der Waals surface area contributed by atoms with Crippen LogP contribution in [0, 0.1) is 17.8 Å². The van der Waals surface area contributed by atoms with Crippen LogP contribution in [0.1, 0.15) is 50.0 Å². The van der Waals surface area contributed by atoms with E-state index < -0.39 is 51.2 Å². The summed E-state index contributed by atoms with van der Waals surface area (Å²) in [6.07, 6.45) is 3.45. The number of nitrogens with zero attached hydrogens (tertiary/aromatic N) is 2. The molecule has 4 aliphatic rings. The van der Waals surface area contributed by atoms with Crippen molar-refractivity contribution >= 4 is 63.6 Å². The van der Waals surface area contributed by atoms with Crippen LogP contribution < -0.4 is 0 Å². The number of benzene rings is 2. The molecule has 2 aromatic carbocycles. The van der Waals surface area contributed by atoms with Crippen molar-refractivity contribution in [2.24, 2.45) is 17.8 Å². The molecule has 220 valence electrons. The van der Waals surface area contributed by atoms with E-state index in [1.54, 1.807) is 18.2 Å². The molecule has 2 aromatic rings. The zero-order chi connectivity index (χ0) is 30.1. The summed E-state index contributed by atoms with van der Waals surface area (Å²) in [5, 5.41) is 21.6. The summed E-state index contributed by atoms with van der Waals surface area (Å²) in [5.41, 5.74) is 0.973. The van der Waals surface area contributed by atoms with E-state index in [1.807, 2.05) is 18.2 Å². The van der Waals surface area contributed by atoms with Gasteiger partial charge in [-0.2, -0.15) is 0 Å². The number of hydrogen-bond donors (Lipinski definition) is 2. The number of alkyl halides is 2. The first-order valence-electron chi connectivity index (χ1n) is 14.1. The second-order valence-electron chi connectivity index (χ2n) is 11.7. The Hall–Kier alpha value is -3.43. The van der Waals surface area contributed by atoms with Crippen LogP contribution in [0.5, 0.6) is 5.75 Å². The average Bonchev–Trinajstić information content (AvgIpc) is 3.28. The number of rotatable bonds is 7. The Kier molecular flexibility index (Phi) is 6.89. The molecule has 1 saturated carbocycles. The Bertz CT molecular complexity index is 1590. The molecule has 0 bridgehead atoms. The van der Waals surface area contributed by atoms with Crippen LogP contribution in [0.15, 0.2) is 48.0 Å². The molecule has 0 aromatic heterocycles. The molecule has 2 saturated heterocycles. The maximum Gasteiger partial charge on any atom is 0.303 e. The summed E-state index contributed by atoms with van der Waals surface area (Å²) in [5.74, 6) is -6.22. The van der Waals surface area contributed by atoms with E-state index in [9.17, 15) is 29.1 Å². The van der Waals surface area contributed by atoms with E-state index in [-0.39, 0.29) is 43.4 Å². The topological polar surface area (TPSA) is 132 Å². The van der Waals surface area contributed by atoms with Gasteiger partial charge in [0, 0.05) is 31.5 Å². The van der Waals surface area contributed by atoms with Gasteiger partial charge >= 0.3 is 5.97 Å². The third-order valence-corrected chi connectivity index (χ3v) is 11.0. The smallest absolute Gasteiger partial charge is 0.303 e. The summed E-state index contributed by atoms with van der Waals surface area (Å²) in [6, 6.07) is 10.6. The second-order valence-corrected chi connectivity index (χ2v) is 13.0. The van der Waals surface area contributed by atoms with Gasteiger partial charge in [-0.25, -0.2) is 0 Å². The molecule has 4 amide bonds. The van der Waals surface area contributed by atoms with Gasteiger partial charge < -0.3 is 10.2 Å². The first-order chi connectivity index (χ1) is 19.9. The van der Waals surface area contributed by atoms with Crippen molar-refractivity contribution in [3.05, 3.63) is 53.6 Å². The average molecular weight is 613 g/mol. The van der Waals surface area contributed by atoms with Crippen LogP contribution >= 0.6 is 23.2 Å². The molecule has 0 spiro atoms. The van der Waals surface area contributed by atoms with E-state index in [0.717, 1.165) is 10.3 Å². The van der Waals surface area contributed by atoms with Gasteiger partial charge in [0.25, 0.3) is 11.8 Å². The number of imide groups is 2. The Morgan fingerprint density at radius 3 is 2.45 bits per heavy atom. The maximum atomic E-state index is 13.9. The third kappa shape index (κ3) is 3.85. The summed E-state index contributed by atoms with van der Waals surface area (Å²) >= 11 is 14.5. The molecular weight excluding hydrogens is 583 g/mol. The summed E-state index contributed by atoms with van der Waals surface area (Å²) in [4.78, 5) is 63.9. The van der Waals surface area contributed by atoms with Gasteiger partial charge in [-0.3, -0.25) is 33.8 Å². The fourth-order valence-electron chi connectivity index (χ4n) is 7.66. The molecule has 6 unspecified atom stereocenters. The lowest BCUT2D eigenvalue weighted by Crippen LogP contribution is -2.60. The van der Waals surface area contributed by atoms with E-state index >= 15 is 0 Å². The van der Waals surface area contributed by atoms with Gasteiger partial charge in [-0.05, 0) is 48.4 Å². The summed E-state index contributed by atoms with van der Waals surface area (Å²) in [6.45, 7) is 0.172. The van der Waals surface area contributed by atoms with Crippen molar-refractivity contribution < 1.29 is 34.2 Å². The van der Waals surface area contributed by atoms with Crippen molar-refractivity contribution in [3.63, 3.8) is 0 Å². The van der Waals surface area contributed by atoms with Crippen LogP contribution in [0.4, 0.5) is 0 Å². The zero-order valence-electron chi connectivity index (χ0n) is 22.9. The van der Waals surface area contributed by atoms with Crippen LogP contribution in [0.2, 0.25) is 0 Å². The number of carbonyl (C=O) groups is 5. The number of fused-ring (bicyclic) bond motifs is 5. The van der Waals surface area contributed by atoms with E-state index in [4.69, 9.17) is 28.3 Å². The summed E-state index contributed by atoms with van der Waals surface area (Å²) in [7, 11) is 1.33. The number of allylic oxidation sites excluding steroid dienone is 2. The van der Waals surface area contributed by atoms with E-state index in [2.05, 4.69) is 0 Å². The fraction of sp³-hybridized carbons (Fsp3) is 0.452. The van der Waals surface area contributed by atoms with Crippen LogP contribution in [0.25, 0.3) is 10.8 Å². The quantitative estimate of drug-likeness (QED) is 0.207. The fourth-order valence-corrected chi connectivity index (χ4v) is 8.66. The highest BCUT2D eigenvalue weighted by Crippen LogP contribution is 2.66. The minimum atomic E-state index is -1.98. The highest BCUT2D eigenvalue weighted by atomic mass is 35.5. The number of carboxylic acids is 1. The highest BCUT2D eigenvalue weighted by molar-refractivity contribution is 6.53. The van der Waals surface area contributed by atoms with Gasteiger partial charge in [-0.15, -0.1) is 23.2 Å². The lowest BCUT2D eigenvalue weighted by atomic mass is 9.56. The van der Waals surface area contributed by atoms with Gasteiger partial charge in [0.05, 0.1) is 11.8 Å². The predicted molar refractivity (Wildman–Crippen MR) is 154 cm³/mol.